The van der Waals surface area contributed by atoms with Crippen molar-refractivity contribution >= 4 is 7.82 Å². The molecule has 0 spiro atoms. The predicted molar refractivity (Wildman–Crippen MR) is 93.8 cm³/mol. The van der Waals surface area contributed by atoms with Gasteiger partial charge in [0, 0.05) is 11.5 Å². The van der Waals surface area contributed by atoms with Crippen LogP contribution in [-0.2, 0) is 16.4 Å². The van der Waals surface area contributed by atoms with Crippen LogP contribution in [0.25, 0.3) is 0 Å². The molecule has 2 fully saturated rings. The standard InChI is InChI=1S/C18H25N.H3O4P/c1-13-6-7-14-12-17-15-5-3-4-8-18(15,16(14)11-13)9-10-19(17)2;1-5(2,3)4/h6-7,11,15,17H,3-5,8-10,12H2,1-2H3;(H3,1,2,3,4)/t15-,17+,18-;/m1./s1. The lowest BCUT2D eigenvalue weighted by Gasteiger charge is -2.58. The van der Waals surface area contributed by atoms with E-state index in [1.54, 1.807) is 11.1 Å². The molecule has 1 aliphatic heterocycles. The van der Waals surface area contributed by atoms with Gasteiger partial charge < -0.3 is 19.6 Å². The van der Waals surface area contributed by atoms with Gasteiger partial charge in [-0.2, -0.15) is 0 Å². The molecule has 0 radical (unpaired) electrons. The maximum atomic E-state index is 8.88. The zero-order valence-corrected chi connectivity index (χ0v) is 15.4. The van der Waals surface area contributed by atoms with Crippen LogP contribution in [0.2, 0.25) is 0 Å². The summed E-state index contributed by atoms with van der Waals surface area (Å²) < 4.78 is 8.88. The summed E-state index contributed by atoms with van der Waals surface area (Å²) in [6.07, 6.45) is 8.48. The molecule has 1 heterocycles. The number of phosphoric acid groups is 1. The van der Waals surface area contributed by atoms with Gasteiger partial charge >= 0.3 is 7.82 Å². The Hall–Kier alpha value is -0.710. The van der Waals surface area contributed by atoms with Crippen molar-refractivity contribution in [2.75, 3.05) is 13.6 Å². The summed E-state index contributed by atoms with van der Waals surface area (Å²) >= 11 is 0. The van der Waals surface area contributed by atoms with Crippen LogP contribution >= 0.6 is 7.82 Å². The average molecular weight is 353 g/mol. The first-order chi connectivity index (χ1) is 11.2. The van der Waals surface area contributed by atoms with Crippen molar-refractivity contribution < 1.29 is 19.2 Å². The van der Waals surface area contributed by atoms with Crippen molar-refractivity contribution in [2.24, 2.45) is 5.92 Å². The lowest BCUT2D eigenvalue weighted by Crippen LogP contribution is -2.59. The van der Waals surface area contributed by atoms with E-state index >= 15 is 0 Å². The van der Waals surface area contributed by atoms with Crippen LogP contribution in [0.3, 0.4) is 0 Å². The van der Waals surface area contributed by atoms with E-state index in [0.29, 0.717) is 5.41 Å². The minimum absolute atomic E-state index is 0.537. The van der Waals surface area contributed by atoms with Crippen molar-refractivity contribution in [3.8, 4) is 0 Å². The number of piperidine rings is 1. The lowest BCUT2D eigenvalue weighted by molar-refractivity contribution is 0.00283. The Morgan fingerprint density at radius 1 is 1.21 bits per heavy atom. The highest BCUT2D eigenvalue weighted by Gasteiger charge is 2.52. The van der Waals surface area contributed by atoms with Gasteiger partial charge in [-0.1, -0.05) is 36.6 Å². The van der Waals surface area contributed by atoms with Crippen LogP contribution in [0.4, 0.5) is 0 Å². The van der Waals surface area contributed by atoms with Gasteiger partial charge in [0.1, 0.15) is 0 Å². The van der Waals surface area contributed by atoms with Gasteiger partial charge in [0.25, 0.3) is 0 Å². The molecule has 6 heteroatoms. The molecule has 1 aromatic carbocycles. The molecule has 5 nitrogen and oxygen atoms in total. The Kier molecular flexibility index (Phi) is 4.93. The first kappa shape index (κ1) is 18.1. The predicted octanol–water partition coefficient (Wildman–Crippen LogP) is 2.75. The first-order valence-corrected chi connectivity index (χ1v) is 10.4. The molecule has 1 aromatic rings. The van der Waals surface area contributed by atoms with Gasteiger partial charge in [-0.3, -0.25) is 0 Å². The summed E-state index contributed by atoms with van der Waals surface area (Å²) in [4.78, 5) is 24.2. The quantitative estimate of drug-likeness (QED) is 0.625. The number of hydrogen-bond donors (Lipinski definition) is 3. The van der Waals surface area contributed by atoms with Crippen molar-refractivity contribution in [2.45, 2.75) is 56.9 Å². The largest absolute Gasteiger partial charge is 0.466 e. The summed E-state index contributed by atoms with van der Waals surface area (Å²) in [5.74, 6) is 0.925. The minimum Gasteiger partial charge on any atom is -0.303 e. The number of fused-ring (bicyclic) bond motifs is 1. The van der Waals surface area contributed by atoms with Gasteiger partial charge in [0.05, 0.1) is 0 Å². The first-order valence-electron chi connectivity index (χ1n) is 8.79. The second-order valence-corrected chi connectivity index (χ2v) is 8.71. The van der Waals surface area contributed by atoms with Gasteiger partial charge in [-0.15, -0.1) is 0 Å². The van der Waals surface area contributed by atoms with Crippen molar-refractivity contribution in [1.82, 2.24) is 4.90 Å². The molecular formula is C18H28NO4P. The van der Waals surface area contributed by atoms with Crippen molar-refractivity contribution in [1.29, 1.82) is 0 Å². The second kappa shape index (κ2) is 6.54. The molecular weight excluding hydrogens is 325 g/mol. The Bertz CT molecular complexity index is 650. The summed E-state index contributed by atoms with van der Waals surface area (Å²) in [7, 11) is -2.29. The Labute approximate surface area is 143 Å². The molecule has 3 N–H and O–H groups in total. The number of rotatable bonds is 0. The molecule has 3 aliphatic rings. The molecule has 0 aromatic heterocycles. The molecule has 3 atom stereocenters. The van der Waals surface area contributed by atoms with E-state index in [-0.39, 0.29) is 0 Å². The summed E-state index contributed by atoms with van der Waals surface area (Å²) in [6.45, 7) is 3.56. The fourth-order valence-electron chi connectivity index (χ4n) is 5.31. The number of hydrogen-bond acceptors (Lipinski definition) is 2. The van der Waals surface area contributed by atoms with E-state index in [9.17, 15) is 0 Å². The molecule has 0 amide bonds. The molecule has 24 heavy (non-hydrogen) atoms. The highest BCUT2D eigenvalue weighted by atomic mass is 31.2. The Morgan fingerprint density at radius 3 is 2.62 bits per heavy atom. The van der Waals surface area contributed by atoms with E-state index < -0.39 is 7.82 Å². The third-order valence-electron chi connectivity index (χ3n) is 6.27. The number of likely N-dealkylation sites (N-methyl/N-ethyl adjacent to an activating group) is 1. The third-order valence-corrected chi connectivity index (χ3v) is 6.27. The van der Waals surface area contributed by atoms with Crippen molar-refractivity contribution in [3.63, 3.8) is 0 Å². The molecule has 2 aliphatic carbocycles. The third kappa shape index (κ3) is 3.47. The van der Waals surface area contributed by atoms with E-state index in [1.165, 1.54) is 50.6 Å². The Balaban J connectivity index is 0.000000300. The second-order valence-electron chi connectivity index (χ2n) is 7.68. The highest BCUT2D eigenvalue weighted by Crippen LogP contribution is 2.55. The zero-order chi connectivity index (χ0) is 17.5. The van der Waals surface area contributed by atoms with Crippen LogP contribution < -0.4 is 0 Å². The number of aryl methyl sites for hydroxylation is 1. The maximum Gasteiger partial charge on any atom is 0.466 e. The van der Waals surface area contributed by atoms with E-state index in [0.717, 1.165) is 12.0 Å². The molecule has 1 saturated heterocycles. The minimum atomic E-state index is -4.64. The average Bonchev–Trinajstić information content (AvgIpc) is 2.50. The monoisotopic (exact) mass is 353 g/mol. The van der Waals surface area contributed by atoms with Gasteiger partial charge in [0.2, 0.25) is 0 Å². The summed E-state index contributed by atoms with van der Waals surface area (Å²) in [6, 6.07) is 8.07. The van der Waals surface area contributed by atoms with Crippen LogP contribution in [0.15, 0.2) is 18.2 Å². The van der Waals surface area contributed by atoms with Crippen LogP contribution in [0.5, 0.6) is 0 Å². The molecule has 2 bridgehead atoms. The zero-order valence-electron chi connectivity index (χ0n) is 14.5. The summed E-state index contributed by atoms with van der Waals surface area (Å²) in [5, 5.41) is 0. The van der Waals surface area contributed by atoms with Crippen LogP contribution in [-0.4, -0.2) is 39.2 Å². The fraction of sp³-hybridized carbons (Fsp3) is 0.667. The van der Waals surface area contributed by atoms with Gasteiger partial charge in [-0.05, 0) is 63.2 Å². The number of likely N-dealkylation sites (tertiary alicyclic amines) is 1. The molecule has 1 saturated carbocycles. The van der Waals surface area contributed by atoms with Crippen LogP contribution in [0.1, 0.15) is 48.8 Å². The number of nitrogens with zero attached hydrogens (tertiary/aromatic N) is 1. The molecule has 134 valence electrons. The molecule has 0 unspecified atom stereocenters. The lowest BCUT2D eigenvalue weighted by atomic mass is 9.52. The van der Waals surface area contributed by atoms with Crippen LogP contribution in [0, 0.1) is 12.8 Å². The number of benzene rings is 1. The van der Waals surface area contributed by atoms with Gasteiger partial charge in [-0.25, -0.2) is 4.57 Å². The molecule has 4 rings (SSSR count). The van der Waals surface area contributed by atoms with Gasteiger partial charge in [0.15, 0.2) is 0 Å². The highest BCUT2D eigenvalue weighted by molar-refractivity contribution is 7.45. The maximum absolute atomic E-state index is 8.88. The van der Waals surface area contributed by atoms with E-state index in [4.69, 9.17) is 19.2 Å². The van der Waals surface area contributed by atoms with E-state index in [1.807, 2.05) is 0 Å². The van der Waals surface area contributed by atoms with E-state index in [2.05, 4.69) is 37.1 Å². The topological polar surface area (TPSA) is 81.0 Å². The Morgan fingerprint density at radius 2 is 1.92 bits per heavy atom. The fourth-order valence-corrected chi connectivity index (χ4v) is 5.31. The SMILES string of the molecule is Cc1ccc2c(c1)[C@@]13CCCC[C@@H]1[C@H](C2)N(C)CC3.O=P(O)(O)O. The summed E-state index contributed by atoms with van der Waals surface area (Å²) in [5.41, 5.74) is 5.38. The normalized spacial score (nSPS) is 32.2. The smallest absolute Gasteiger partial charge is 0.303 e. The van der Waals surface area contributed by atoms with Crippen molar-refractivity contribution in [3.05, 3.63) is 34.9 Å².